The first-order valence-electron chi connectivity index (χ1n) is 8.36. The molecule has 0 aliphatic carbocycles. The molecule has 0 saturated carbocycles. The molecule has 2 atom stereocenters. The zero-order chi connectivity index (χ0) is 17.1. The number of hydrogen-bond donors (Lipinski definition) is 1. The lowest BCUT2D eigenvalue weighted by Crippen LogP contribution is -2.19. The first kappa shape index (κ1) is 16.7. The summed E-state index contributed by atoms with van der Waals surface area (Å²) in [5.74, 6) is 1.49. The van der Waals surface area contributed by atoms with Gasteiger partial charge in [0.15, 0.2) is 0 Å². The van der Waals surface area contributed by atoms with Crippen LogP contribution >= 0.6 is 0 Å². The summed E-state index contributed by atoms with van der Waals surface area (Å²) in [6, 6.07) is 5.61. The summed E-state index contributed by atoms with van der Waals surface area (Å²) in [6.07, 6.45) is 4.00. The summed E-state index contributed by atoms with van der Waals surface area (Å²) >= 11 is 0. The van der Waals surface area contributed by atoms with Crippen molar-refractivity contribution in [1.82, 2.24) is 10.3 Å². The molecule has 0 amide bonds. The molecule has 0 radical (unpaired) electrons. The highest BCUT2D eigenvalue weighted by molar-refractivity contribution is 5.48. The molecule has 1 aromatic heterocycles. The third-order valence-electron chi connectivity index (χ3n) is 4.20. The summed E-state index contributed by atoms with van der Waals surface area (Å²) in [4.78, 5) is 3.90. The van der Waals surface area contributed by atoms with Crippen LogP contribution in [0.2, 0.25) is 0 Å². The number of pyridine rings is 1. The summed E-state index contributed by atoms with van der Waals surface area (Å²) in [6.45, 7) is 7.26. The molecule has 24 heavy (non-hydrogen) atoms. The van der Waals surface area contributed by atoms with Crippen LogP contribution in [0.15, 0.2) is 30.6 Å². The second-order valence-electron chi connectivity index (χ2n) is 6.17. The first-order valence-corrected chi connectivity index (χ1v) is 8.36. The van der Waals surface area contributed by atoms with E-state index in [1.165, 1.54) is 17.8 Å². The van der Waals surface area contributed by atoms with Crippen molar-refractivity contribution in [2.24, 2.45) is 0 Å². The van der Waals surface area contributed by atoms with Crippen molar-refractivity contribution >= 4 is 0 Å². The molecule has 2 aromatic rings. The maximum Gasteiger partial charge on any atom is 0.141 e. The zero-order valence-corrected chi connectivity index (χ0v) is 14.3. The molecular weight excluding hydrogens is 307 g/mol. The number of nitrogens with zero attached hydrogens (tertiary/aromatic N) is 1. The van der Waals surface area contributed by atoms with Crippen molar-refractivity contribution in [2.45, 2.75) is 45.9 Å². The molecule has 3 rings (SSSR count). The molecule has 128 valence electrons. The Bertz CT molecular complexity index is 721. The van der Waals surface area contributed by atoms with Crippen LogP contribution in [0.25, 0.3) is 0 Å². The Morgan fingerprint density at radius 1 is 1.38 bits per heavy atom. The minimum Gasteiger partial charge on any atom is -0.494 e. The molecule has 1 N–H and O–H groups in total. The third kappa shape index (κ3) is 3.67. The van der Waals surface area contributed by atoms with E-state index in [0.29, 0.717) is 13.2 Å². The largest absolute Gasteiger partial charge is 0.494 e. The SMILES string of the molecule is CCOc1cc2c(cc1CNC(C)c1cncc(F)c1)OC(C)C2. The van der Waals surface area contributed by atoms with E-state index in [1.54, 1.807) is 6.20 Å². The molecule has 2 unspecified atom stereocenters. The minimum atomic E-state index is -0.323. The summed E-state index contributed by atoms with van der Waals surface area (Å²) in [5, 5.41) is 3.40. The van der Waals surface area contributed by atoms with Gasteiger partial charge < -0.3 is 14.8 Å². The van der Waals surface area contributed by atoms with Crippen LogP contribution in [0.1, 0.15) is 43.5 Å². The standard InChI is InChI=1S/C19H23FN2O2/c1-4-23-18-7-14-5-12(2)24-19(14)8-16(18)10-22-13(3)15-6-17(20)11-21-9-15/h6-9,11-13,22H,4-5,10H2,1-3H3. The minimum absolute atomic E-state index is 0.0178. The van der Waals surface area contributed by atoms with E-state index in [-0.39, 0.29) is 18.0 Å². The lowest BCUT2D eigenvalue weighted by molar-refractivity contribution is 0.254. The lowest BCUT2D eigenvalue weighted by Gasteiger charge is -2.17. The van der Waals surface area contributed by atoms with Crippen LogP contribution < -0.4 is 14.8 Å². The van der Waals surface area contributed by atoms with Gasteiger partial charge in [-0.05, 0) is 44.5 Å². The van der Waals surface area contributed by atoms with Crippen LogP contribution in [0.3, 0.4) is 0 Å². The van der Waals surface area contributed by atoms with Gasteiger partial charge in [-0.3, -0.25) is 4.98 Å². The molecule has 1 aliphatic heterocycles. The lowest BCUT2D eigenvalue weighted by atomic mass is 10.1. The number of benzene rings is 1. The molecule has 0 fully saturated rings. The molecule has 0 spiro atoms. The van der Waals surface area contributed by atoms with E-state index in [2.05, 4.69) is 23.3 Å². The second-order valence-corrected chi connectivity index (χ2v) is 6.17. The molecule has 4 nitrogen and oxygen atoms in total. The van der Waals surface area contributed by atoms with Gasteiger partial charge in [-0.2, -0.15) is 0 Å². The Kier molecular flexibility index (Phi) is 5.00. The molecule has 1 aliphatic rings. The van der Waals surface area contributed by atoms with Crippen molar-refractivity contribution in [1.29, 1.82) is 0 Å². The van der Waals surface area contributed by atoms with Crippen molar-refractivity contribution in [3.05, 3.63) is 53.1 Å². The first-order chi connectivity index (χ1) is 11.6. The summed E-state index contributed by atoms with van der Waals surface area (Å²) in [5.41, 5.74) is 3.05. The van der Waals surface area contributed by atoms with Gasteiger partial charge in [-0.15, -0.1) is 0 Å². The van der Waals surface area contributed by atoms with E-state index in [4.69, 9.17) is 9.47 Å². The highest BCUT2D eigenvalue weighted by Crippen LogP contribution is 2.35. The Labute approximate surface area is 142 Å². The smallest absolute Gasteiger partial charge is 0.141 e. The molecule has 1 aromatic carbocycles. The fourth-order valence-electron chi connectivity index (χ4n) is 2.96. The topological polar surface area (TPSA) is 43.4 Å². The Hall–Kier alpha value is -2.14. The fourth-order valence-corrected chi connectivity index (χ4v) is 2.96. The molecule has 2 heterocycles. The number of halogens is 1. The van der Waals surface area contributed by atoms with Crippen LogP contribution in [0.5, 0.6) is 11.5 Å². The van der Waals surface area contributed by atoms with Gasteiger partial charge in [-0.25, -0.2) is 4.39 Å². The van der Waals surface area contributed by atoms with E-state index < -0.39 is 0 Å². The van der Waals surface area contributed by atoms with Gasteiger partial charge in [0.2, 0.25) is 0 Å². The average molecular weight is 330 g/mol. The predicted molar refractivity (Wildman–Crippen MR) is 90.9 cm³/mol. The zero-order valence-electron chi connectivity index (χ0n) is 14.3. The molecule has 0 saturated heterocycles. The van der Waals surface area contributed by atoms with Crippen LogP contribution in [-0.2, 0) is 13.0 Å². The van der Waals surface area contributed by atoms with E-state index in [9.17, 15) is 4.39 Å². The fraction of sp³-hybridized carbons (Fsp3) is 0.421. The number of fused-ring (bicyclic) bond motifs is 1. The predicted octanol–water partition coefficient (Wildman–Crippen LogP) is 3.79. The number of aromatic nitrogens is 1. The van der Waals surface area contributed by atoms with Gasteiger partial charge in [0.1, 0.15) is 23.4 Å². The van der Waals surface area contributed by atoms with Crippen molar-refractivity contribution in [2.75, 3.05) is 6.61 Å². The molecule has 0 bridgehead atoms. The maximum atomic E-state index is 13.3. The van der Waals surface area contributed by atoms with Crippen LogP contribution in [0, 0.1) is 5.82 Å². The van der Waals surface area contributed by atoms with E-state index >= 15 is 0 Å². The van der Waals surface area contributed by atoms with E-state index in [0.717, 1.165) is 29.0 Å². The normalized spacial score (nSPS) is 17.2. The second kappa shape index (κ2) is 7.18. The Morgan fingerprint density at radius 2 is 2.21 bits per heavy atom. The van der Waals surface area contributed by atoms with Gasteiger partial charge in [0.05, 0.1) is 12.8 Å². The van der Waals surface area contributed by atoms with Gasteiger partial charge in [0, 0.05) is 36.3 Å². The third-order valence-corrected chi connectivity index (χ3v) is 4.20. The summed E-state index contributed by atoms with van der Waals surface area (Å²) < 4.78 is 24.9. The van der Waals surface area contributed by atoms with Gasteiger partial charge >= 0.3 is 0 Å². The van der Waals surface area contributed by atoms with Crippen LogP contribution in [-0.4, -0.2) is 17.7 Å². The average Bonchev–Trinajstić information content (AvgIpc) is 2.91. The number of rotatable bonds is 6. The summed E-state index contributed by atoms with van der Waals surface area (Å²) in [7, 11) is 0. The monoisotopic (exact) mass is 330 g/mol. The molecular formula is C19H23FN2O2. The highest BCUT2D eigenvalue weighted by Gasteiger charge is 2.22. The van der Waals surface area contributed by atoms with Crippen molar-refractivity contribution in [3.8, 4) is 11.5 Å². The van der Waals surface area contributed by atoms with Gasteiger partial charge in [0.25, 0.3) is 0 Å². The number of ether oxygens (including phenoxy) is 2. The van der Waals surface area contributed by atoms with Crippen LogP contribution in [0.4, 0.5) is 4.39 Å². The van der Waals surface area contributed by atoms with Gasteiger partial charge in [-0.1, -0.05) is 0 Å². The highest BCUT2D eigenvalue weighted by atomic mass is 19.1. The van der Waals surface area contributed by atoms with Crippen molar-refractivity contribution in [3.63, 3.8) is 0 Å². The Morgan fingerprint density at radius 3 is 2.96 bits per heavy atom. The Balaban J connectivity index is 1.75. The molecule has 5 heteroatoms. The number of nitrogens with one attached hydrogen (secondary N) is 1. The van der Waals surface area contributed by atoms with Crippen molar-refractivity contribution < 1.29 is 13.9 Å². The maximum absolute atomic E-state index is 13.3. The quantitative estimate of drug-likeness (QED) is 0.875. The number of hydrogen-bond acceptors (Lipinski definition) is 4. The van der Waals surface area contributed by atoms with E-state index in [1.807, 2.05) is 19.9 Å².